The standard InChI is InChI=1S/C13H21FN2/c1-10(2)9-16(3)13(8-15)11-5-4-6-12(14)7-11/h4-7,10,13H,8-9,15H2,1-3H3. The summed E-state index contributed by atoms with van der Waals surface area (Å²) in [5.74, 6) is 0.376. The molecular formula is C13H21FN2. The van der Waals surface area contributed by atoms with Crippen LogP contribution in [-0.2, 0) is 0 Å². The van der Waals surface area contributed by atoms with Gasteiger partial charge in [0, 0.05) is 19.1 Å². The number of nitrogens with two attached hydrogens (primary N) is 1. The van der Waals surface area contributed by atoms with Crippen LogP contribution in [0.25, 0.3) is 0 Å². The van der Waals surface area contributed by atoms with Crippen molar-refractivity contribution >= 4 is 0 Å². The Morgan fingerprint density at radius 1 is 1.38 bits per heavy atom. The average Bonchev–Trinajstić information content (AvgIpc) is 2.17. The lowest BCUT2D eigenvalue weighted by molar-refractivity contribution is 0.223. The van der Waals surface area contributed by atoms with Crippen molar-refractivity contribution < 1.29 is 4.39 Å². The summed E-state index contributed by atoms with van der Waals surface area (Å²) >= 11 is 0. The molecule has 0 saturated heterocycles. The van der Waals surface area contributed by atoms with Gasteiger partial charge in [-0.05, 0) is 30.7 Å². The molecule has 0 fully saturated rings. The fourth-order valence-corrected chi connectivity index (χ4v) is 1.99. The summed E-state index contributed by atoms with van der Waals surface area (Å²) in [5, 5.41) is 0. The average molecular weight is 224 g/mol. The Hall–Kier alpha value is -0.930. The van der Waals surface area contributed by atoms with Crippen LogP contribution in [0.3, 0.4) is 0 Å². The zero-order chi connectivity index (χ0) is 12.1. The van der Waals surface area contributed by atoms with E-state index in [9.17, 15) is 4.39 Å². The quantitative estimate of drug-likeness (QED) is 0.832. The summed E-state index contributed by atoms with van der Waals surface area (Å²) < 4.78 is 13.1. The van der Waals surface area contributed by atoms with Crippen molar-refractivity contribution in [2.45, 2.75) is 19.9 Å². The minimum absolute atomic E-state index is 0.0955. The summed E-state index contributed by atoms with van der Waals surface area (Å²) in [6, 6.07) is 6.78. The highest BCUT2D eigenvalue weighted by Crippen LogP contribution is 2.19. The van der Waals surface area contributed by atoms with Crippen molar-refractivity contribution in [2.24, 2.45) is 11.7 Å². The lowest BCUT2D eigenvalue weighted by Gasteiger charge is -2.28. The fourth-order valence-electron chi connectivity index (χ4n) is 1.99. The van der Waals surface area contributed by atoms with Gasteiger partial charge in [-0.1, -0.05) is 26.0 Å². The van der Waals surface area contributed by atoms with Crippen molar-refractivity contribution in [1.82, 2.24) is 4.90 Å². The van der Waals surface area contributed by atoms with Crippen molar-refractivity contribution in [3.63, 3.8) is 0 Å². The molecule has 2 N–H and O–H groups in total. The van der Waals surface area contributed by atoms with Gasteiger partial charge in [-0.3, -0.25) is 4.90 Å². The second-order valence-electron chi connectivity index (χ2n) is 4.64. The van der Waals surface area contributed by atoms with E-state index < -0.39 is 0 Å². The predicted octanol–water partition coefficient (Wildman–Crippen LogP) is 2.41. The Kier molecular flexibility index (Phi) is 4.90. The maximum absolute atomic E-state index is 13.1. The number of nitrogens with zero attached hydrogens (tertiary/aromatic N) is 1. The van der Waals surface area contributed by atoms with Gasteiger partial charge >= 0.3 is 0 Å². The van der Waals surface area contributed by atoms with Crippen LogP contribution >= 0.6 is 0 Å². The van der Waals surface area contributed by atoms with Gasteiger partial charge in [-0.2, -0.15) is 0 Å². The van der Waals surface area contributed by atoms with Crippen LogP contribution in [0.15, 0.2) is 24.3 Å². The molecule has 0 heterocycles. The Bertz CT molecular complexity index is 325. The molecule has 1 rings (SSSR count). The van der Waals surface area contributed by atoms with E-state index in [-0.39, 0.29) is 11.9 Å². The molecule has 1 aromatic carbocycles. The molecular weight excluding hydrogens is 203 g/mol. The van der Waals surface area contributed by atoms with Crippen LogP contribution in [0, 0.1) is 11.7 Å². The molecule has 0 amide bonds. The number of benzene rings is 1. The van der Waals surface area contributed by atoms with E-state index in [0.29, 0.717) is 12.5 Å². The highest BCUT2D eigenvalue weighted by atomic mass is 19.1. The van der Waals surface area contributed by atoms with Crippen LogP contribution < -0.4 is 5.73 Å². The second-order valence-corrected chi connectivity index (χ2v) is 4.64. The van der Waals surface area contributed by atoms with Gasteiger partial charge in [0.2, 0.25) is 0 Å². The molecule has 2 nitrogen and oxygen atoms in total. The smallest absolute Gasteiger partial charge is 0.123 e. The molecule has 0 spiro atoms. The molecule has 16 heavy (non-hydrogen) atoms. The molecule has 0 aliphatic rings. The number of likely N-dealkylation sites (N-methyl/N-ethyl adjacent to an activating group) is 1. The van der Waals surface area contributed by atoms with E-state index in [1.54, 1.807) is 12.1 Å². The van der Waals surface area contributed by atoms with Gasteiger partial charge < -0.3 is 5.73 Å². The first-order valence-electron chi connectivity index (χ1n) is 5.70. The third-order valence-electron chi connectivity index (χ3n) is 2.64. The van der Waals surface area contributed by atoms with Crippen molar-refractivity contribution in [3.8, 4) is 0 Å². The third-order valence-corrected chi connectivity index (χ3v) is 2.64. The summed E-state index contributed by atoms with van der Waals surface area (Å²) in [6.07, 6.45) is 0. The van der Waals surface area contributed by atoms with Gasteiger partial charge in [-0.15, -0.1) is 0 Å². The summed E-state index contributed by atoms with van der Waals surface area (Å²) in [7, 11) is 2.03. The molecule has 1 atom stereocenters. The number of halogens is 1. The molecule has 0 radical (unpaired) electrons. The Balaban J connectivity index is 2.81. The normalized spacial score (nSPS) is 13.4. The number of hydrogen-bond donors (Lipinski definition) is 1. The van der Waals surface area contributed by atoms with E-state index in [1.165, 1.54) is 6.07 Å². The van der Waals surface area contributed by atoms with E-state index >= 15 is 0 Å². The van der Waals surface area contributed by atoms with Crippen molar-refractivity contribution in [3.05, 3.63) is 35.6 Å². The third kappa shape index (κ3) is 3.58. The largest absolute Gasteiger partial charge is 0.329 e. The van der Waals surface area contributed by atoms with Gasteiger partial charge in [0.1, 0.15) is 5.82 Å². The molecule has 1 unspecified atom stereocenters. The molecule has 0 aliphatic carbocycles. The fraction of sp³-hybridized carbons (Fsp3) is 0.538. The van der Waals surface area contributed by atoms with E-state index in [1.807, 2.05) is 13.1 Å². The van der Waals surface area contributed by atoms with Gasteiger partial charge in [-0.25, -0.2) is 4.39 Å². The maximum atomic E-state index is 13.1. The van der Waals surface area contributed by atoms with Crippen LogP contribution in [0.2, 0.25) is 0 Å². The highest BCUT2D eigenvalue weighted by Gasteiger charge is 2.16. The lowest BCUT2D eigenvalue weighted by atomic mass is 10.0. The Morgan fingerprint density at radius 2 is 2.06 bits per heavy atom. The summed E-state index contributed by atoms with van der Waals surface area (Å²) in [4.78, 5) is 2.18. The lowest BCUT2D eigenvalue weighted by Crippen LogP contribution is -2.33. The van der Waals surface area contributed by atoms with E-state index in [4.69, 9.17) is 5.73 Å². The first kappa shape index (κ1) is 13.1. The van der Waals surface area contributed by atoms with Gasteiger partial charge in [0.05, 0.1) is 0 Å². The summed E-state index contributed by atoms with van der Waals surface area (Å²) in [5.41, 5.74) is 6.72. The van der Waals surface area contributed by atoms with Crippen LogP contribution in [0.1, 0.15) is 25.5 Å². The van der Waals surface area contributed by atoms with Crippen LogP contribution in [0.5, 0.6) is 0 Å². The molecule has 1 aromatic rings. The molecule has 0 aromatic heterocycles. The van der Waals surface area contributed by atoms with E-state index in [2.05, 4.69) is 18.7 Å². The zero-order valence-corrected chi connectivity index (χ0v) is 10.3. The molecule has 3 heteroatoms. The molecule has 90 valence electrons. The number of rotatable bonds is 5. The molecule has 0 aliphatic heterocycles. The summed E-state index contributed by atoms with van der Waals surface area (Å²) in [6.45, 7) is 5.79. The molecule has 0 bridgehead atoms. The van der Waals surface area contributed by atoms with Crippen molar-refractivity contribution in [1.29, 1.82) is 0 Å². The minimum atomic E-state index is -0.200. The highest BCUT2D eigenvalue weighted by molar-refractivity contribution is 5.20. The molecule has 0 saturated carbocycles. The topological polar surface area (TPSA) is 29.3 Å². The van der Waals surface area contributed by atoms with E-state index in [0.717, 1.165) is 12.1 Å². The predicted molar refractivity (Wildman–Crippen MR) is 65.7 cm³/mol. The Morgan fingerprint density at radius 3 is 2.56 bits per heavy atom. The van der Waals surface area contributed by atoms with Crippen LogP contribution in [0.4, 0.5) is 4.39 Å². The maximum Gasteiger partial charge on any atom is 0.123 e. The zero-order valence-electron chi connectivity index (χ0n) is 10.3. The van der Waals surface area contributed by atoms with Crippen molar-refractivity contribution in [2.75, 3.05) is 20.1 Å². The second kappa shape index (κ2) is 5.97. The first-order valence-corrected chi connectivity index (χ1v) is 5.70. The monoisotopic (exact) mass is 224 g/mol. The SMILES string of the molecule is CC(C)CN(C)C(CN)c1cccc(F)c1. The minimum Gasteiger partial charge on any atom is -0.329 e. The van der Waals surface area contributed by atoms with Gasteiger partial charge in [0.25, 0.3) is 0 Å². The van der Waals surface area contributed by atoms with Crippen LogP contribution in [-0.4, -0.2) is 25.0 Å². The first-order chi connectivity index (χ1) is 7.54. The van der Waals surface area contributed by atoms with Gasteiger partial charge in [0.15, 0.2) is 0 Å². The Labute approximate surface area is 97.3 Å². The number of hydrogen-bond acceptors (Lipinski definition) is 2.